The molecule has 2 rings (SSSR count). The third kappa shape index (κ3) is 4.14. The molecule has 20 heavy (non-hydrogen) atoms. The summed E-state index contributed by atoms with van der Waals surface area (Å²) in [6.07, 6.45) is 0. The molecule has 0 aromatic heterocycles. The Bertz CT molecular complexity index is 549. The van der Waals surface area contributed by atoms with Gasteiger partial charge in [-0.05, 0) is 48.4 Å². The largest absolute Gasteiger partial charge is 0.497 e. The summed E-state index contributed by atoms with van der Waals surface area (Å²) in [6, 6.07) is 13.8. The number of nitrogens with one attached hydrogen (secondary N) is 1. The van der Waals surface area contributed by atoms with Crippen molar-refractivity contribution >= 4 is 23.2 Å². The first kappa shape index (κ1) is 15.2. The first-order valence-corrected chi connectivity index (χ1v) is 7.16. The van der Waals surface area contributed by atoms with Gasteiger partial charge in [0, 0.05) is 22.6 Å². The van der Waals surface area contributed by atoms with Crippen LogP contribution < -0.4 is 10.1 Å². The van der Waals surface area contributed by atoms with Crippen LogP contribution in [0.3, 0.4) is 0 Å². The third-order valence-corrected chi connectivity index (χ3v) is 3.59. The highest BCUT2D eigenvalue weighted by atomic mass is 35.5. The van der Waals surface area contributed by atoms with Crippen molar-refractivity contribution in [2.24, 2.45) is 0 Å². The monoisotopic (exact) mass is 309 g/mol. The van der Waals surface area contributed by atoms with Gasteiger partial charge < -0.3 is 10.1 Å². The van der Waals surface area contributed by atoms with Crippen LogP contribution in [-0.4, -0.2) is 7.11 Å². The Kier molecular flexibility index (Phi) is 5.30. The van der Waals surface area contributed by atoms with Crippen LogP contribution in [0.25, 0.3) is 0 Å². The van der Waals surface area contributed by atoms with E-state index in [9.17, 15) is 0 Å². The number of hydrogen-bond donors (Lipinski definition) is 1. The zero-order valence-corrected chi connectivity index (χ0v) is 13.0. The number of halogens is 2. The molecule has 0 fully saturated rings. The van der Waals surface area contributed by atoms with Crippen LogP contribution in [-0.2, 0) is 6.54 Å². The molecule has 0 saturated carbocycles. The standard InChI is InChI=1S/C16H17Cl2NO/c1-11(13-3-5-16(20-2)6-4-13)19-10-12-7-14(17)9-15(18)8-12/h3-9,11,19H,10H2,1-2H3. The Morgan fingerprint density at radius 2 is 1.65 bits per heavy atom. The molecule has 2 nitrogen and oxygen atoms in total. The average molecular weight is 310 g/mol. The molecule has 4 heteroatoms. The number of rotatable bonds is 5. The molecule has 0 spiro atoms. The van der Waals surface area contributed by atoms with Crippen molar-refractivity contribution in [3.63, 3.8) is 0 Å². The Labute approximate surface area is 129 Å². The molecule has 0 aliphatic rings. The van der Waals surface area contributed by atoms with Crippen LogP contribution in [0.4, 0.5) is 0 Å². The highest BCUT2D eigenvalue weighted by Crippen LogP contribution is 2.21. The van der Waals surface area contributed by atoms with Gasteiger partial charge in [-0.1, -0.05) is 35.3 Å². The van der Waals surface area contributed by atoms with Crippen molar-refractivity contribution < 1.29 is 4.74 Å². The molecule has 0 aliphatic carbocycles. The number of hydrogen-bond acceptors (Lipinski definition) is 2. The van der Waals surface area contributed by atoms with Crippen molar-refractivity contribution in [2.45, 2.75) is 19.5 Å². The van der Waals surface area contributed by atoms with Gasteiger partial charge in [0.25, 0.3) is 0 Å². The topological polar surface area (TPSA) is 21.3 Å². The second-order valence-corrected chi connectivity index (χ2v) is 5.53. The lowest BCUT2D eigenvalue weighted by atomic mass is 10.1. The SMILES string of the molecule is COc1ccc(C(C)NCc2cc(Cl)cc(Cl)c2)cc1. The van der Waals surface area contributed by atoms with E-state index in [2.05, 4.69) is 24.4 Å². The van der Waals surface area contributed by atoms with Gasteiger partial charge in [0.2, 0.25) is 0 Å². The minimum Gasteiger partial charge on any atom is -0.497 e. The molecule has 0 radical (unpaired) electrons. The summed E-state index contributed by atoms with van der Waals surface area (Å²) in [5, 5.41) is 4.77. The van der Waals surface area contributed by atoms with Gasteiger partial charge in [0.1, 0.15) is 5.75 Å². The van der Waals surface area contributed by atoms with Crippen LogP contribution in [0.15, 0.2) is 42.5 Å². The van der Waals surface area contributed by atoms with Crippen molar-refractivity contribution in [3.8, 4) is 5.75 Å². The average Bonchev–Trinajstić information content (AvgIpc) is 2.44. The number of ether oxygens (including phenoxy) is 1. The van der Waals surface area contributed by atoms with Gasteiger partial charge in [0.15, 0.2) is 0 Å². The summed E-state index contributed by atoms with van der Waals surface area (Å²) in [7, 11) is 1.67. The molecule has 1 atom stereocenters. The van der Waals surface area contributed by atoms with Crippen molar-refractivity contribution in [1.29, 1.82) is 0 Å². The molecule has 1 unspecified atom stereocenters. The molecule has 1 N–H and O–H groups in total. The van der Waals surface area contributed by atoms with Crippen LogP contribution >= 0.6 is 23.2 Å². The fraction of sp³-hybridized carbons (Fsp3) is 0.250. The van der Waals surface area contributed by atoms with Gasteiger partial charge in [-0.2, -0.15) is 0 Å². The van der Waals surface area contributed by atoms with Gasteiger partial charge in [-0.25, -0.2) is 0 Å². The van der Waals surface area contributed by atoms with E-state index in [0.29, 0.717) is 16.6 Å². The molecule has 2 aromatic rings. The molecule has 106 valence electrons. The Hall–Kier alpha value is -1.22. The zero-order valence-electron chi connectivity index (χ0n) is 11.5. The van der Waals surface area contributed by atoms with Gasteiger partial charge in [-0.3, -0.25) is 0 Å². The highest BCUT2D eigenvalue weighted by molar-refractivity contribution is 6.34. The summed E-state index contributed by atoms with van der Waals surface area (Å²) in [6.45, 7) is 2.83. The quantitative estimate of drug-likeness (QED) is 0.852. The van der Waals surface area contributed by atoms with E-state index in [-0.39, 0.29) is 6.04 Å². The maximum Gasteiger partial charge on any atom is 0.118 e. The van der Waals surface area contributed by atoms with Crippen LogP contribution in [0.1, 0.15) is 24.1 Å². The first-order valence-electron chi connectivity index (χ1n) is 6.41. The predicted octanol–water partition coefficient (Wildman–Crippen LogP) is 4.85. The van der Waals surface area contributed by atoms with Crippen LogP contribution in [0, 0.1) is 0 Å². The van der Waals surface area contributed by atoms with Crippen LogP contribution in [0.5, 0.6) is 5.75 Å². The van der Waals surface area contributed by atoms with E-state index >= 15 is 0 Å². The molecule has 0 heterocycles. The summed E-state index contributed by atoms with van der Waals surface area (Å²) in [4.78, 5) is 0. The molecule has 0 bridgehead atoms. The van der Waals surface area contributed by atoms with Gasteiger partial charge in [-0.15, -0.1) is 0 Å². The molecular weight excluding hydrogens is 293 g/mol. The highest BCUT2D eigenvalue weighted by Gasteiger charge is 2.06. The molecule has 0 saturated heterocycles. The maximum absolute atomic E-state index is 5.99. The molecule has 2 aromatic carbocycles. The summed E-state index contributed by atoms with van der Waals surface area (Å²) in [5.41, 5.74) is 2.28. The van der Waals surface area contributed by atoms with E-state index in [1.165, 1.54) is 5.56 Å². The predicted molar refractivity (Wildman–Crippen MR) is 84.7 cm³/mol. The van der Waals surface area contributed by atoms with E-state index in [4.69, 9.17) is 27.9 Å². The smallest absolute Gasteiger partial charge is 0.118 e. The maximum atomic E-state index is 5.99. The first-order chi connectivity index (χ1) is 9.58. The lowest BCUT2D eigenvalue weighted by Gasteiger charge is -2.15. The number of methoxy groups -OCH3 is 1. The third-order valence-electron chi connectivity index (χ3n) is 3.15. The fourth-order valence-electron chi connectivity index (χ4n) is 1.99. The second kappa shape index (κ2) is 6.98. The summed E-state index contributed by atoms with van der Waals surface area (Å²) >= 11 is 12.0. The summed E-state index contributed by atoms with van der Waals surface area (Å²) < 4.78 is 5.15. The molecule has 0 amide bonds. The lowest BCUT2D eigenvalue weighted by Crippen LogP contribution is -2.18. The van der Waals surface area contributed by atoms with E-state index in [1.807, 2.05) is 24.3 Å². The Balaban J connectivity index is 1.98. The lowest BCUT2D eigenvalue weighted by molar-refractivity contribution is 0.414. The van der Waals surface area contributed by atoms with Gasteiger partial charge in [0.05, 0.1) is 7.11 Å². The second-order valence-electron chi connectivity index (χ2n) is 4.65. The Morgan fingerprint density at radius 3 is 2.20 bits per heavy atom. The minimum absolute atomic E-state index is 0.235. The minimum atomic E-state index is 0.235. The van der Waals surface area contributed by atoms with Crippen molar-refractivity contribution in [1.82, 2.24) is 5.32 Å². The molecule has 0 aliphatic heterocycles. The van der Waals surface area contributed by atoms with Crippen molar-refractivity contribution in [3.05, 3.63) is 63.6 Å². The molecular formula is C16H17Cl2NO. The summed E-state index contributed by atoms with van der Waals surface area (Å²) in [5.74, 6) is 0.863. The van der Waals surface area contributed by atoms with E-state index in [0.717, 1.165) is 11.3 Å². The number of benzene rings is 2. The fourth-order valence-corrected chi connectivity index (χ4v) is 2.57. The Morgan fingerprint density at radius 1 is 1.05 bits per heavy atom. The van der Waals surface area contributed by atoms with Crippen LogP contribution in [0.2, 0.25) is 10.0 Å². The van der Waals surface area contributed by atoms with E-state index in [1.54, 1.807) is 13.2 Å². The van der Waals surface area contributed by atoms with Gasteiger partial charge >= 0.3 is 0 Å². The van der Waals surface area contributed by atoms with Crippen molar-refractivity contribution in [2.75, 3.05) is 7.11 Å². The van der Waals surface area contributed by atoms with E-state index < -0.39 is 0 Å². The zero-order chi connectivity index (χ0) is 14.5. The normalized spacial score (nSPS) is 12.2.